The summed E-state index contributed by atoms with van der Waals surface area (Å²) in [4.78, 5) is 0. The minimum atomic E-state index is 0.861. The van der Waals surface area contributed by atoms with Crippen LogP contribution in [0.1, 0.15) is 40.5 Å². The number of hydrogen-bond acceptors (Lipinski definition) is 0. The predicted octanol–water partition coefficient (Wildman–Crippen LogP) is 4.13. The van der Waals surface area contributed by atoms with E-state index in [9.17, 15) is 0 Å². The van der Waals surface area contributed by atoms with E-state index in [2.05, 4.69) is 39.8 Å². The van der Waals surface area contributed by atoms with Crippen LogP contribution in [0.3, 0.4) is 0 Å². The van der Waals surface area contributed by atoms with Crippen LogP contribution in [0, 0.1) is 35.5 Å². The van der Waals surface area contributed by atoms with E-state index in [1.54, 1.807) is 0 Å². The van der Waals surface area contributed by atoms with Crippen LogP contribution < -0.4 is 0 Å². The molecule has 0 amide bonds. The van der Waals surface area contributed by atoms with Crippen LogP contribution in [-0.4, -0.2) is 0 Å². The van der Waals surface area contributed by atoms with Gasteiger partial charge in [-0.25, -0.2) is 0 Å². The molecule has 0 radical (unpaired) electrons. The lowest BCUT2D eigenvalue weighted by Gasteiger charge is -2.49. The van der Waals surface area contributed by atoms with Gasteiger partial charge in [-0.3, -0.25) is 0 Å². The van der Waals surface area contributed by atoms with E-state index in [1.165, 1.54) is 12.8 Å². The second kappa shape index (κ2) is 3.72. The molecule has 2 bridgehead atoms. The first kappa shape index (κ1) is 10.3. The van der Waals surface area contributed by atoms with Gasteiger partial charge < -0.3 is 0 Å². The van der Waals surface area contributed by atoms with E-state index in [4.69, 9.17) is 0 Å². The van der Waals surface area contributed by atoms with E-state index in [0.717, 1.165) is 35.5 Å². The third-order valence-corrected chi connectivity index (χ3v) is 4.41. The number of allylic oxidation sites excluding steroid dienone is 2. The molecule has 0 aliphatic heterocycles. The van der Waals surface area contributed by atoms with Crippen LogP contribution in [-0.2, 0) is 0 Å². The molecule has 3 rings (SSSR count). The molecule has 3 aliphatic carbocycles. The summed E-state index contributed by atoms with van der Waals surface area (Å²) in [5.41, 5.74) is 0. The highest BCUT2D eigenvalue weighted by Crippen LogP contribution is 2.50. The quantitative estimate of drug-likeness (QED) is 0.577. The summed E-state index contributed by atoms with van der Waals surface area (Å²) in [5, 5.41) is 0. The van der Waals surface area contributed by atoms with Gasteiger partial charge in [0.2, 0.25) is 0 Å². The van der Waals surface area contributed by atoms with Gasteiger partial charge in [-0.2, -0.15) is 0 Å². The molecular formula is C14H24. The van der Waals surface area contributed by atoms with Crippen molar-refractivity contribution in [1.29, 1.82) is 0 Å². The van der Waals surface area contributed by atoms with Crippen LogP contribution in [0.5, 0.6) is 0 Å². The highest BCUT2D eigenvalue weighted by atomic mass is 14.5. The Balaban J connectivity index is 2.24. The molecule has 0 nitrogen and oxygen atoms in total. The van der Waals surface area contributed by atoms with E-state index in [-0.39, 0.29) is 0 Å². The van der Waals surface area contributed by atoms with Crippen molar-refractivity contribution in [1.82, 2.24) is 0 Å². The van der Waals surface area contributed by atoms with E-state index in [0.29, 0.717) is 0 Å². The summed E-state index contributed by atoms with van der Waals surface area (Å²) in [5.74, 6) is 5.43. The Kier molecular flexibility index (Phi) is 2.72. The van der Waals surface area contributed by atoms with Gasteiger partial charge in [-0.15, -0.1) is 0 Å². The Hall–Kier alpha value is -0.260. The molecule has 0 heteroatoms. The molecule has 0 spiro atoms. The van der Waals surface area contributed by atoms with Crippen LogP contribution in [0.4, 0.5) is 0 Å². The summed E-state index contributed by atoms with van der Waals surface area (Å²) < 4.78 is 0. The third kappa shape index (κ3) is 1.53. The second-order valence-corrected chi connectivity index (χ2v) is 5.93. The van der Waals surface area contributed by atoms with Crippen molar-refractivity contribution in [3.63, 3.8) is 0 Å². The van der Waals surface area contributed by atoms with Crippen molar-refractivity contribution in [2.24, 2.45) is 35.5 Å². The Labute approximate surface area is 88.8 Å². The van der Waals surface area contributed by atoms with Crippen molar-refractivity contribution in [2.45, 2.75) is 40.5 Å². The van der Waals surface area contributed by atoms with Crippen molar-refractivity contribution in [2.75, 3.05) is 0 Å². The molecule has 80 valence electrons. The molecule has 0 saturated heterocycles. The molecule has 4 atom stereocenters. The lowest BCUT2D eigenvalue weighted by atomic mass is 9.56. The zero-order chi connectivity index (χ0) is 10.3. The normalized spacial score (nSPS) is 41.3. The summed E-state index contributed by atoms with van der Waals surface area (Å²) in [7, 11) is 0. The monoisotopic (exact) mass is 192 g/mol. The van der Waals surface area contributed by atoms with Gasteiger partial charge in [0.15, 0.2) is 0 Å². The predicted molar refractivity (Wildman–Crippen MR) is 62.0 cm³/mol. The minimum absolute atomic E-state index is 0.861. The first-order valence-electron chi connectivity index (χ1n) is 6.29. The molecule has 14 heavy (non-hydrogen) atoms. The lowest BCUT2D eigenvalue weighted by molar-refractivity contribution is 0.0491. The van der Waals surface area contributed by atoms with Crippen molar-refractivity contribution in [3.8, 4) is 0 Å². The molecule has 0 heterocycles. The average Bonchev–Trinajstić information content (AvgIpc) is 2.17. The van der Waals surface area contributed by atoms with Crippen LogP contribution in [0.25, 0.3) is 0 Å². The Morgan fingerprint density at radius 3 is 1.36 bits per heavy atom. The maximum atomic E-state index is 2.51. The summed E-state index contributed by atoms with van der Waals surface area (Å²) >= 11 is 0. The van der Waals surface area contributed by atoms with Crippen LogP contribution in [0.2, 0.25) is 0 Å². The van der Waals surface area contributed by atoms with Gasteiger partial charge in [0.25, 0.3) is 0 Å². The van der Waals surface area contributed by atoms with Gasteiger partial charge in [-0.1, -0.05) is 39.8 Å². The molecular weight excluding hydrogens is 168 g/mol. The fourth-order valence-electron chi connectivity index (χ4n) is 3.95. The van der Waals surface area contributed by atoms with E-state index < -0.39 is 0 Å². The van der Waals surface area contributed by atoms with Crippen LogP contribution >= 0.6 is 0 Å². The number of fused-ring (bicyclic) bond motifs is 2. The van der Waals surface area contributed by atoms with Crippen molar-refractivity contribution in [3.05, 3.63) is 12.2 Å². The molecule has 1 saturated carbocycles. The zero-order valence-electron chi connectivity index (χ0n) is 10.0. The average molecular weight is 192 g/mol. The van der Waals surface area contributed by atoms with E-state index >= 15 is 0 Å². The molecule has 0 aromatic rings. The van der Waals surface area contributed by atoms with Crippen molar-refractivity contribution < 1.29 is 0 Å². The topological polar surface area (TPSA) is 0 Å². The van der Waals surface area contributed by atoms with Gasteiger partial charge in [-0.05, 0) is 48.3 Å². The highest BCUT2D eigenvalue weighted by molar-refractivity contribution is 5.10. The van der Waals surface area contributed by atoms with Crippen molar-refractivity contribution >= 4 is 0 Å². The molecule has 2 unspecified atom stereocenters. The molecule has 0 aromatic carbocycles. The molecule has 1 fully saturated rings. The first-order valence-corrected chi connectivity index (χ1v) is 6.29. The summed E-state index contributed by atoms with van der Waals surface area (Å²) in [6.45, 7) is 9.65. The Morgan fingerprint density at radius 1 is 0.786 bits per heavy atom. The third-order valence-electron chi connectivity index (χ3n) is 4.41. The van der Waals surface area contributed by atoms with E-state index in [1.807, 2.05) is 0 Å². The molecule has 3 aliphatic rings. The summed E-state index contributed by atoms with van der Waals surface area (Å²) in [6, 6.07) is 0. The molecule has 0 N–H and O–H groups in total. The fourth-order valence-corrected chi connectivity index (χ4v) is 3.95. The second-order valence-electron chi connectivity index (χ2n) is 5.93. The lowest BCUT2D eigenvalue weighted by Crippen LogP contribution is -2.42. The zero-order valence-corrected chi connectivity index (χ0v) is 10.0. The maximum absolute atomic E-state index is 2.51. The largest absolute Gasteiger partial charge is 0.0848 e. The fraction of sp³-hybridized carbons (Fsp3) is 0.857. The first-order chi connectivity index (χ1) is 6.61. The van der Waals surface area contributed by atoms with Crippen LogP contribution in [0.15, 0.2) is 12.2 Å². The van der Waals surface area contributed by atoms with Gasteiger partial charge in [0, 0.05) is 0 Å². The standard InChI is InChI=1S/C14H24/c1-9(2)13-11-5-7-12(8-6-11)14(13)10(3)4/h5,7,9-14H,6,8H2,1-4H3/t11?,12?,13-,14+. The SMILES string of the molecule is CC(C)[C@@H]1C2C=CC(CC2)[C@@H]1C(C)C. The smallest absolute Gasteiger partial charge is 0.0199 e. The number of rotatable bonds is 2. The number of hydrogen-bond donors (Lipinski definition) is 0. The minimum Gasteiger partial charge on any atom is -0.0848 e. The maximum Gasteiger partial charge on any atom is -0.0199 e. The van der Waals surface area contributed by atoms with Gasteiger partial charge in [0.05, 0.1) is 0 Å². The molecule has 0 aromatic heterocycles. The summed E-state index contributed by atoms with van der Waals surface area (Å²) in [6.07, 6.45) is 7.93. The Morgan fingerprint density at radius 2 is 1.14 bits per heavy atom. The Bertz CT molecular complexity index is 200. The van der Waals surface area contributed by atoms with Gasteiger partial charge in [0.1, 0.15) is 0 Å². The highest BCUT2D eigenvalue weighted by Gasteiger charge is 2.42. The van der Waals surface area contributed by atoms with Gasteiger partial charge >= 0.3 is 0 Å².